The Morgan fingerprint density at radius 1 is 1.70 bits per heavy atom. The van der Waals surface area contributed by atoms with Gasteiger partial charge in [0.25, 0.3) is 0 Å². The first-order chi connectivity index (χ1) is 4.75. The Balaban J connectivity index is 2.50. The van der Waals surface area contributed by atoms with Crippen molar-refractivity contribution in [2.75, 3.05) is 20.3 Å². The standard InChI is InChI=1S/C5H10O4S/c1-8-4-2-9-3-5(4)10(6)7/h4-5H,2-3H2,1H3,(H,6,7)/t4-,5+/m0/s1. The van der Waals surface area contributed by atoms with E-state index in [2.05, 4.69) is 0 Å². The Hall–Kier alpha value is 0.0300. The highest BCUT2D eigenvalue weighted by atomic mass is 32.2. The molecule has 0 bridgehead atoms. The van der Waals surface area contributed by atoms with Crippen molar-refractivity contribution < 1.29 is 18.2 Å². The summed E-state index contributed by atoms with van der Waals surface area (Å²) in [6.07, 6.45) is -0.217. The first kappa shape index (κ1) is 8.13. The average Bonchev–Trinajstić information content (AvgIpc) is 2.33. The van der Waals surface area contributed by atoms with Gasteiger partial charge >= 0.3 is 0 Å². The van der Waals surface area contributed by atoms with Crippen LogP contribution in [0.4, 0.5) is 0 Å². The van der Waals surface area contributed by atoms with E-state index in [0.717, 1.165) is 0 Å². The lowest BCUT2D eigenvalue weighted by molar-refractivity contribution is 0.0828. The maximum absolute atomic E-state index is 10.5. The van der Waals surface area contributed by atoms with E-state index in [1.54, 1.807) is 0 Å². The Kier molecular flexibility index (Phi) is 2.79. The van der Waals surface area contributed by atoms with E-state index in [9.17, 15) is 4.21 Å². The first-order valence-corrected chi connectivity index (χ1v) is 4.13. The monoisotopic (exact) mass is 166 g/mol. The zero-order valence-electron chi connectivity index (χ0n) is 5.65. The topological polar surface area (TPSA) is 55.8 Å². The van der Waals surface area contributed by atoms with E-state index in [0.29, 0.717) is 13.2 Å². The van der Waals surface area contributed by atoms with E-state index >= 15 is 0 Å². The van der Waals surface area contributed by atoms with Gasteiger partial charge in [-0.25, -0.2) is 4.21 Å². The second-order valence-electron chi connectivity index (χ2n) is 2.13. The number of ether oxygens (including phenoxy) is 2. The van der Waals surface area contributed by atoms with Crippen LogP contribution in [0.1, 0.15) is 0 Å². The van der Waals surface area contributed by atoms with Gasteiger partial charge in [-0.3, -0.25) is 0 Å². The van der Waals surface area contributed by atoms with Gasteiger partial charge in [0, 0.05) is 7.11 Å². The van der Waals surface area contributed by atoms with E-state index in [1.807, 2.05) is 0 Å². The molecule has 5 heteroatoms. The van der Waals surface area contributed by atoms with Crippen molar-refractivity contribution in [1.82, 2.24) is 0 Å². The quantitative estimate of drug-likeness (QED) is 0.568. The maximum Gasteiger partial charge on any atom is 0.161 e. The molecule has 1 fully saturated rings. The fourth-order valence-corrected chi connectivity index (χ4v) is 1.58. The largest absolute Gasteiger partial charge is 0.378 e. The minimum absolute atomic E-state index is 0.217. The van der Waals surface area contributed by atoms with Crippen molar-refractivity contribution in [2.45, 2.75) is 11.4 Å². The van der Waals surface area contributed by atoms with Gasteiger partial charge in [0.1, 0.15) is 5.25 Å². The Morgan fingerprint density at radius 2 is 2.40 bits per heavy atom. The molecule has 0 aliphatic carbocycles. The lowest BCUT2D eigenvalue weighted by Crippen LogP contribution is -2.29. The van der Waals surface area contributed by atoms with Crippen LogP contribution in [-0.2, 0) is 20.6 Å². The van der Waals surface area contributed by atoms with Crippen LogP contribution in [-0.4, -0.2) is 40.4 Å². The predicted molar refractivity (Wildman–Crippen MR) is 36.2 cm³/mol. The SMILES string of the molecule is CO[C@H]1COC[C@H]1S(=O)O. The molecule has 1 N–H and O–H groups in total. The van der Waals surface area contributed by atoms with Crippen molar-refractivity contribution in [3.8, 4) is 0 Å². The normalized spacial score (nSPS) is 36.2. The van der Waals surface area contributed by atoms with Crippen LogP contribution in [0.5, 0.6) is 0 Å². The van der Waals surface area contributed by atoms with Crippen LogP contribution in [0, 0.1) is 0 Å². The Labute approximate surface area is 61.8 Å². The first-order valence-electron chi connectivity index (χ1n) is 2.96. The van der Waals surface area contributed by atoms with E-state index in [1.165, 1.54) is 7.11 Å². The summed E-state index contributed by atoms with van der Waals surface area (Å²) in [5.74, 6) is 0. The minimum Gasteiger partial charge on any atom is -0.378 e. The molecule has 4 nitrogen and oxygen atoms in total. The fourth-order valence-electron chi connectivity index (χ4n) is 0.923. The van der Waals surface area contributed by atoms with Crippen molar-refractivity contribution in [1.29, 1.82) is 0 Å². The highest BCUT2D eigenvalue weighted by Crippen LogP contribution is 2.13. The summed E-state index contributed by atoms with van der Waals surface area (Å²) < 4.78 is 29.0. The minimum atomic E-state index is -1.82. The molecular formula is C5H10O4S. The second kappa shape index (κ2) is 3.43. The van der Waals surface area contributed by atoms with Crippen LogP contribution in [0.3, 0.4) is 0 Å². The highest BCUT2D eigenvalue weighted by molar-refractivity contribution is 7.80. The van der Waals surface area contributed by atoms with Gasteiger partial charge < -0.3 is 14.0 Å². The van der Waals surface area contributed by atoms with Gasteiger partial charge in [-0.05, 0) is 0 Å². The molecule has 0 aromatic rings. The summed E-state index contributed by atoms with van der Waals surface area (Å²) in [6.45, 7) is 0.745. The molecule has 1 saturated heterocycles. The molecule has 0 spiro atoms. The zero-order valence-corrected chi connectivity index (χ0v) is 6.47. The molecule has 1 unspecified atom stereocenters. The lowest BCUT2D eigenvalue weighted by Gasteiger charge is -2.10. The third-order valence-corrected chi connectivity index (χ3v) is 2.50. The van der Waals surface area contributed by atoms with Crippen molar-refractivity contribution >= 4 is 11.1 Å². The summed E-state index contributed by atoms with van der Waals surface area (Å²) in [6, 6.07) is 0. The smallest absolute Gasteiger partial charge is 0.161 e. The summed E-state index contributed by atoms with van der Waals surface area (Å²) in [7, 11) is 1.51. The molecule has 0 aromatic carbocycles. The van der Waals surface area contributed by atoms with Crippen molar-refractivity contribution in [2.24, 2.45) is 0 Å². The van der Waals surface area contributed by atoms with Crippen LogP contribution in [0.15, 0.2) is 0 Å². The summed E-state index contributed by atoms with van der Waals surface area (Å²) in [5.41, 5.74) is 0. The van der Waals surface area contributed by atoms with Crippen molar-refractivity contribution in [3.05, 3.63) is 0 Å². The van der Waals surface area contributed by atoms with Crippen LogP contribution in [0.25, 0.3) is 0 Å². The number of methoxy groups -OCH3 is 1. The molecule has 1 aliphatic rings. The van der Waals surface area contributed by atoms with Gasteiger partial charge in [-0.2, -0.15) is 0 Å². The summed E-state index contributed by atoms with van der Waals surface area (Å²) in [4.78, 5) is 0. The molecule has 0 aromatic heterocycles. The van der Waals surface area contributed by atoms with Crippen LogP contribution < -0.4 is 0 Å². The molecule has 10 heavy (non-hydrogen) atoms. The Morgan fingerprint density at radius 3 is 2.80 bits per heavy atom. The predicted octanol–water partition coefficient (Wildman–Crippen LogP) is -0.378. The van der Waals surface area contributed by atoms with Gasteiger partial charge in [0.05, 0.1) is 19.3 Å². The maximum atomic E-state index is 10.5. The molecule has 1 rings (SSSR count). The Bertz CT molecular complexity index is 138. The highest BCUT2D eigenvalue weighted by Gasteiger charge is 2.32. The molecular weight excluding hydrogens is 156 g/mol. The second-order valence-corrected chi connectivity index (χ2v) is 3.28. The molecule has 1 heterocycles. The van der Waals surface area contributed by atoms with E-state index in [-0.39, 0.29) is 11.4 Å². The van der Waals surface area contributed by atoms with Crippen LogP contribution in [0.2, 0.25) is 0 Å². The lowest BCUT2D eigenvalue weighted by atomic mass is 10.3. The van der Waals surface area contributed by atoms with E-state index in [4.69, 9.17) is 14.0 Å². The number of hydrogen-bond acceptors (Lipinski definition) is 3. The third-order valence-electron chi connectivity index (χ3n) is 1.54. The average molecular weight is 166 g/mol. The molecule has 3 atom stereocenters. The van der Waals surface area contributed by atoms with E-state index < -0.39 is 11.1 Å². The zero-order chi connectivity index (χ0) is 7.56. The molecule has 60 valence electrons. The van der Waals surface area contributed by atoms with Crippen LogP contribution >= 0.6 is 0 Å². The third kappa shape index (κ3) is 1.54. The number of rotatable bonds is 2. The molecule has 0 radical (unpaired) electrons. The molecule has 0 amide bonds. The number of hydrogen-bond donors (Lipinski definition) is 1. The molecule has 0 saturated carbocycles. The van der Waals surface area contributed by atoms with Gasteiger partial charge in [0.15, 0.2) is 11.1 Å². The molecule has 1 aliphatic heterocycles. The van der Waals surface area contributed by atoms with Crippen molar-refractivity contribution in [3.63, 3.8) is 0 Å². The summed E-state index contributed by atoms with van der Waals surface area (Å²) in [5, 5.41) is -0.370. The van der Waals surface area contributed by atoms with Gasteiger partial charge in [-0.15, -0.1) is 0 Å². The summed E-state index contributed by atoms with van der Waals surface area (Å²) >= 11 is -1.82. The fraction of sp³-hybridized carbons (Fsp3) is 1.00. The van der Waals surface area contributed by atoms with Gasteiger partial charge in [-0.1, -0.05) is 0 Å². The van der Waals surface area contributed by atoms with Gasteiger partial charge in [0.2, 0.25) is 0 Å².